The number of rotatable bonds is 26. The molecule has 1 rings (SSSR count). The van der Waals surface area contributed by atoms with Crippen molar-refractivity contribution < 1.29 is 19.8 Å². The first-order valence-corrected chi connectivity index (χ1v) is 16.8. The van der Waals surface area contributed by atoms with Gasteiger partial charge in [0.1, 0.15) is 0 Å². The van der Waals surface area contributed by atoms with Crippen LogP contribution in [0.1, 0.15) is 162 Å². The zero-order chi connectivity index (χ0) is 28.6. The van der Waals surface area contributed by atoms with Crippen molar-refractivity contribution in [2.24, 2.45) is 23.7 Å². The van der Waals surface area contributed by atoms with E-state index in [2.05, 4.69) is 38.2 Å². The lowest BCUT2D eigenvalue weighted by molar-refractivity contribution is -0.138. The van der Waals surface area contributed by atoms with Crippen LogP contribution in [0, 0.1) is 23.7 Å². The second-order valence-corrected chi connectivity index (χ2v) is 12.1. The van der Waals surface area contributed by atoms with Gasteiger partial charge in [0.05, 0.1) is 0 Å². The third kappa shape index (κ3) is 18.4. The number of carboxylic acid groups (broad SMARTS) is 2. The van der Waals surface area contributed by atoms with E-state index in [0.717, 1.165) is 44.4 Å². The Bertz CT molecular complexity index is 668. The zero-order valence-electron chi connectivity index (χ0n) is 25.6. The summed E-state index contributed by atoms with van der Waals surface area (Å²) in [5.41, 5.74) is 0. The fraction of sp³-hybridized carbons (Fsp3) is 0.829. The Kier molecular flexibility index (Phi) is 22.0. The minimum atomic E-state index is -0.674. The molecule has 0 fully saturated rings. The lowest BCUT2D eigenvalue weighted by atomic mass is 9.66. The second-order valence-electron chi connectivity index (χ2n) is 12.1. The highest BCUT2D eigenvalue weighted by molar-refractivity contribution is 5.66. The summed E-state index contributed by atoms with van der Waals surface area (Å²) in [6.45, 7) is 4.57. The van der Waals surface area contributed by atoms with Gasteiger partial charge in [0.15, 0.2) is 0 Å². The van der Waals surface area contributed by atoms with Gasteiger partial charge in [-0.3, -0.25) is 9.59 Å². The molecular weight excluding hydrogens is 484 g/mol. The Morgan fingerprint density at radius 3 is 1.64 bits per heavy atom. The van der Waals surface area contributed by atoms with E-state index in [9.17, 15) is 9.59 Å². The summed E-state index contributed by atoms with van der Waals surface area (Å²) in [7, 11) is 0. The van der Waals surface area contributed by atoms with E-state index in [0.29, 0.717) is 30.6 Å². The highest BCUT2D eigenvalue weighted by Gasteiger charge is 2.33. The maximum atomic E-state index is 10.8. The first kappa shape index (κ1) is 35.4. The standard InChI is InChI=1S/C35H62O4/c1-3-5-7-11-18-24-32-30(22-16-6-4-2)28-29-31(23-17-12-8-9-14-20-26-34(36)37)33(32)25-19-13-10-15-21-27-35(38)39/h18,24,28-33H,3-17,19-23,25-27H2,1-2H3,(H,36,37)(H,38,39)/b24-18+. The van der Waals surface area contributed by atoms with Gasteiger partial charge in [-0.25, -0.2) is 0 Å². The highest BCUT2D eigenvalue weighted by Crippen LogP contribution is 2.43. The van der Waals surface area contributed by atoms with Gasteiger partial charge in [0.25, 0.3) is 0 Å². The Balaban J connectivity index is 2.73. The Labute approximate surface area is 241 Å². The second kappa shape index (κ2) is 24.2. The lowest BCUT2D eigenvalue weighted by Gasteiger charge is -2.39. The molecule has 4 unspecified atom stereocenters. The van der Waals surface area contributed by atoms with Crippen molar-refractivity contribution in [3.63, 3.8) is 0 Å². The SMILES string of the molecule is CCCCC/C=C/C1C(CCCCC)C=CC(CCCCCCCCC(=O)O)C1CCCCCCCC(=O)O. The number of hydrogen-bond donors (Lipinski definition) is 2. The maximum absolute atomic E-state index is 10.8. The summed E-state index contributed by atoms with van der Waals surface area (Å²) >= 11 is 0. The summed E-state index contributed by atoms with van der Waals surface area (Å²) in [6, 6.07) is 0. The van der Waals surface area contributed by atoms with Gasteiger partial charge in [-0.1, -0.05) is 128 Å². The normalized spacial score (nSPS) is 21.1. The van der Waals surface area contributed by atoms with Crippen molar-refractivity contribution >= 4 is 11.9 Å². The van der Waals surface area contributed by atoms with Crippen LogP contribution in [0.2, 0.25) is 0 Å². The summed E-state index contributed by atoms with van der Waals surface area (Å²) < 4.78 is 0. The average Bonchev–Trinajstić information content (AvgIpc) is 2.90. The molecule has 0 saturated heterocycles. The smallest absolute Gasteiger partial charge is 0.303 e. The van der Waals surface area contributed by atoms with Gasteiger partial charge in [-0.05, 0) is 68.6 Å². The quantitative estimate of drug-likeness (QED) is 0.0835. The Morgan fingerprint density at radius 2 is 1.05 bits per heavy atom. The molecule has 0 saturated carbocycles. The molecule has 0 aromatic heterocycles. The topological polar surface area (TPSA) is 74.6 Å². The van der Waals surface area contributed by atoms with Crippen LogP contribution in [0.5, 0.6) is 0 Å². The molecule has 0 bridgehead atoms. The number of aliphatic carboxylic acids is 2. The third-order valence-corrected chi connectivity index (χ3v) is 8.72. The number of unbranched alkanes of at least 4 members (excludes halogenated alkanes) is 14. The van der Waals surface area contributed by atoms with Crippen molar-refractivity contribution in [1.82, 2.24) is 0 Å². The van der Waals surface area contributed by atoms with Crippen LogP contribution in [-0.2, 0) is 9.59 Å². The van der Waals surface area contributed by atoms with E-state index >= 15 is 0 Å². The summed E-state index contributed by atoms with van der Waals surface area (Å²) in [6.07, 6.45) is 36.0. The maximum Gasteiger partial charge on any atom is 0.303 e. The van der Waals surface area contributed by atoms with Crippen LogP contribution in [0.4, 0.5) is 0 Å². The van der Waals surface area contributed by atoms with Gasteiger partial charge in [-0.15, -0.1) is 0 Å². The van der Waals surface area contributed by atoms with Gasteiger partial charge < -0.3 is 10.2 Å². The molecule has 1 aliphatic rings. The van der Waals surface area contributed by atoms with Crippen molar-refractivity contribution in [2.75, 3.05) is 0 Å². The fourth-order valence-electron chi connectivity index (χ4n) is 6.40. The molecule has 0 heterocycles. The van der Waals surface area contributed by atoms with Crippen LogP contribution in [0.3, 0.4) is 0 Å². The van der Waals surface area contributed by atoms with E-state index in [-0.39, 0.29) is 0 Å². The summed E-state index contributed by atoms with van der Waals surface area (Å²) in [5, 5.41) is 17.7. The van der Waals surface area contributed by atoms with E-state index in [1.807, 2.05) is 0 Å². The third-order valence-electron chi connectivity index (χ3n) is 8.72. The van der Waals surface area contributed by atoms with E-state index < -0.39 is 11.9 Å². The molecule has 4 nitrogen and oxygen atoms in total. The van der Waals surface area contributed by atoms with E-state index in [1.165, 1.54) is 96.3 Å². The Hall–Kier alpha value is -1.58. The van der Waals surface area contributed by atoms with Crippen LogP contribution in [-0.4, -0.2) is 22.2 Å². The molecule has 39 heavy (non-hydrogen) atoms. The van der Waals surface area contributed by atoms with Crippen molar-refractivity contribution in [3.8, 4) is 0 Å². The minimum absolute atomic E-state index is 0.305. The van der Waals surface area contributed by atoms with Crippen LogP contribution in [0.15, 0.2) is 24.3 Å². The lowest BCUT2D eigenvalue weighted by Crippen LogP contribution is -2.30. The van der Waals surface area contributed by atoms with Crippen LogP contribution < -0.4 is 0 Å². The molecule has 0 aliphatic heterocycles. The molecule has 0 radical (unpaired) electrons. The predicted octanol–water partition coefficient (Wildman–Crippen LogP) is 10.8. The largest absolute Gasteiger partial charge is 0.481 e. The minimum Gasteiger partial charge on any atom is -0.481 e. The highest BCUT2D eigenvalue weighted by atomic mass is 16.4. The van der Waals surface area contributed by atoms with Gasteiger partial charge >= 0.3 is 11.9 Å². The molecular formula is C35H62O4. The zero-order valence-corrected chi connectivity index (χ0v) is 25.6. The van der Waals surface area contributed by atoms with Crippen molar-refractivity contribution in [3.05, 3.63) is 24.3 Å². The molecule has 0 aromatic carbocycles. The van der Waals surface area contributed by atoms with Gasteiger partial charge in [0.2, 0.25) is 0 Å². The van der Waals surface area contributed by atoms with Gasteiger partial charge in [0, 0.05) is 12.8 Å². The molecule has 2 N–H and O–H groups in total. The van der Waals surface area contributed by atoms with Crippen LogP contribution >= 0.6 is 0 Å². The molecule has 0 amide bonds. The summed E-state index contributed by atoms with van der Waals surface area (Å²) in [5.74, 6) is 1.36. The van der Waals surface area contributed by atoms with E-state index in [1.54, 1.807) is 0 Å². The predicted molar refractivity (Wildman–Crippen MR) is 165 cm³/mol. The van der Waals surface area contributed by atoms with Crippen molar-refractivity contribution in [1.29, 1.82) is 0 Å². The first-order valence-electron chi connectivity index (χ1n) is 16.8. The number of allylic oxidation sites excluding steroid dienone is 4. The molecule has 1 aliphatic carbocycles. The summed E-state index contributed by atoms with van der Waals surface area (Å²) in [4.78, 5) is 21.5. The monoisotopic (exact) mass is 546 g/mol. The number of carbonyl (C=O) groups is 2. The molecule has 0 spiro atoms. The number of hydrogen-bond acceptors (Lipinski definition) is 2. The fourth-order valence-corrected chi connectivity index (χ4v) is 6.40. The van der Waals surface area contributed by atoms with Crippen molar-refractivity contribution in [2.45, 2.75) is 162 Å². The average molecular weight is 547 g/mol. The van der Waals surface area contributed by atoms with Crippen LogP contribution in [0.25, 0.3) is 0 Å². The molecule has 4 heteroatoms. The molecule has 0 aromatic rings. The van der Waals surface area contributed by atoms with Gasteiger partial charge in [-0.2, -0.15) is 0 Å². The number of carboxylic acids is 2. The van der Waals surface area contributed by atoms with E-state index in [4.69, 9.17) is 10.2 Å². The molecule has 4 atom stereocenters. The first-order chi connectivity index (χ1) is 19.0. The Morgan fingerprint density at radius 1 is 0.590 bits per heavy atom. The molecule has 226 valence electrons.